The Morgan fingerprint density at radius 1 is 1.11 bits per heavy atom. The molecule has 4 aliphatic heterocycles. The number of hydrogen-bond donors (Lipinski definition) is 2. The van der Waals surface area contributed by atoms with Gasteiger partial charge in [-0.05, 0) is 60.8 Å². The summed E-state index contributed by atoms with van der Waals surface area (Å²) >= 11 is 0. The number of aldehydes is 1. The summed E-state index contributed by atoms with van der Waals surface area (Å²) in [5.41, 5.74) is -1.54. The first-order chi connectivity index (χ1) is 21.5. The van der Waals surface area contributed by atoms with Gasteiger partial charge in [-0.3, -0.25) is 14.3 Å². The standard InChI is InChI=1S/C35H42O10/c1-18(2)24-13-21-14-32(16-36)23-11-9-19(3)22(23)15-33(21,34(24,32)31(39)40)17-41-35-29(38)27-26(28(44-35)30(43-27)45-35)42-25(37)12-10-20-7-5-4-6-8-20/h4-8,13,16,18-19,21-23,26-30,38H,9-12,14-15,17H2,1-3H3,(H,39,40). The molecule has 9 rings (SSSR count). The maximum Gasteiger partial charge on any atom is 0.316 e. The number of aliphatic carboxylic acids is 1. The number of aliphatic hydroxyl groups excluding tert-OH is 1. The number of carboxylic acids is 1. The minimum absolute atomic E-state index is 0.00171. The SMILES string of the molecule is CC(C)C1=CC2CC3(C=O)C4CCC(C)C4CC2(COC24OC5OC(C(OC(=O)CCc6ccccc6)C5O2)C4O)C13C(=O)O. The Morgan fingerprint density at radius 3 is 2.60 bits per heavy atom. The average molecular weight is 623 g/mol. The Labute approximate surface area is 262 Å². The Morgan fingerprint density at radius 2 is 1.89 bits per heavy atom. The van der Waals surface area contributed by atoms with Crippen LogP contribution in [0, 0.1) is 45.8 Å². The number of esters is 1. The van der Waals surface area contributed by atoms with Crippen molar-refractivity contribution in [1.82, 2.24) is 0 Å². The molecule has 3 saturated carbocycles. The summed E-state index contributed by atoms with van der Waals surface area (Å²) in [6, 6.07) is 9.63. The second-order valence-corrected chi connectivity index (χ2v) is 14.9. The van der Waals surface area contributed by atoms with Gasteiger partial charge in [0.15, 0.2) is 24.6 Å². The first-order valence-electron chi connectivity index (χ1n) is 16.5. The average Bonchev–Trinajstić information content (AvgIpc) is 3.75. The number of carbonyl (C=O) groups is 3. The van der Waals surface area contributed by atoms with E-state index in [4.69, 9.17) is 23.7 Å². The summed E-state index contributed by atoms with van der Waals surface area (Å²) in [5.74, 6) is -2.98. The third-order valence-corrected chi connectivity index (χ3v) is 12.8. The third kappa shape index (κ3) is 3.60. The summed E-state index contributed by atoms with van der Waals surface area (Å²) in [6.07, 6.45) is 1.73. The molecule has 10 heteroatoms. The quantitative estimate of drug-likeness (QED) is 0.226. The van der Waals surface area contributed by atoms with Gasteiger partial charge in [0.05, 0.1) is 12.0 Å². The highest BCUT2D eigenvalue weighted by atomic mass is 17.0. The topological polar surface area (TPSA) is 138 Å². The summed E-state index contributed by atoms with van der Waals surface area (Å²) < 4.78 is 30.4. The summed E-state index contributed by atoms with van der Waals surface area (Å²) in [6.45, 7) is 6.14. The first kappa shape index (κ1) is 29.8. The van der Waals surface area contributed by atoms with Crippen molar-refractivity contribution in [3.8, 4) is 0 Å². The number of benzene rings is 1. The van der Waals surface area contributed by atoms with E-state index in [1.165, 1.54) is 0 Å². The number of hydrogen-bond acceptors (Lipinski definition) is 9. The van der Waals surface area contributed by atoms with E-state index in [1.807, 2.05) is 44.2 Å². The van der Waals surface area contributed by atoms with Crippen LogP contribution in [0.3, 0.4) is 0 Å². The van der Waals surface area contributed by atoms with Crippen LogP contribution < -0.4 is 0 Å². The first-order valence-corrected chi connectivity index (χ1v) is 16.5. The highest BCUT2D eigenvalue weighted by molar-refractivity contribution is 5.90. The van der Waals surface area contributed by atoms with Crippen molar-refractivity contribution in [2.75, 3.05) is 6.61 Å². The maximum absolute atomic E-state index is 13.7. The van der Waals surface area contributed by atoms with E-state index in [2.05, 4.69) is 13.0 Å². The molecule has 0 amide bonds. The molecule has 0 radical (unpaired) electrons. The molecule has 8 aliphatic rings. The minimum atomic E-state index is -1.89. The van der Waals surface area contributed by atoms with Gasteiger partial charge in [0.2, 0.25) is 0 Å². The van der Waals surface area contributed by atoms with Crippen molar-refractivity contribution in [1.29, 1.82) is 0 Å². The number of fused-ring (bicyclic) bond motifs is 2. The highest BCUT2D eigenvalue weighted by Crippen LogP contribution is 2.82. The van der Waals surface area contributed by atoms with Crippen LogP contribution in [0.15, 0.2) is 42.0 Å². The summed E-state index contributed by atoms with van der Waals surface area (Å²) in [4.78, 5) is 39.8. The Balaban J connectivity index is 1.06. The van der Waals surface area contributed by atoms with Gasteiger partial charge in [0.25, 0.3) is 0 Å². The zero-order chi connectivity index (χ0) is 31.5. The van der Waals surface area contributed by atoms with E-state index in [-0.39, 0.29) is 36.7 Å². The lowest BCUT2D eigenvalue weighted by atomic mass is 9.43. The largest absolute Gasteiger partial charge is 0.481 e. The van der Waals surface area contributed by atoms with E-state index in [0.29, 0.717) is 25.2 Å². The van der Waals surface area contributed by atoms with E-state index in [0.717, 1.165) is 30.3 Å². The van der Waals surface area contributed by atoms with Crippen LogP contribution in [-0.4, -0.2) is 71.7 Å². The second-order valence-electron chi connectivity index (χ2n) is 14.9. The highest BCUT2D eigenvalue weighted by Gasteiger charge is 2.85. The van der Waals surface area contributed by atoms with Crippen molar-refractivity contribution < 1.29 is 48.3 Å². The van der Waals surface area contributed by atoms with Crippen LogP contribution >= 0.6 is 0 Å². The lowest BCUT2D eigenvalue weighted by Crippen LogP contribution is -2.66. The van der Waals surface area contributed by atoms with Gasteiger partial charge in [-0.2, -0.15) is 0 Å². The van der Waals surface area contributed by atoms with Crippen LogP contribution in [-0.2, 0) is 44.5 Å². The van der Waals surface area contributed by atoms with Crippen molar-refractivity contribution in [2.45, 2.75) is 96.0 Å². The molecule has 10 nitrogen and oxygen atoms in total. The number of allylic oxidation sites excluding steroid dienone is 1. The third-order valence-electron chi connectivity index (χ3n) is 12.8. The van der Waals surface area contributed by atoms with Gasteiger partial charge in [-0.15, -0.1) is 0 Å². The molecule has 13 unspecified atom stereocenters. The van der Waals surface area contributed by atoms with Crippen LogP contribution in [0.5, 0.6) is 0 Å². The number of ether oxygens (including phenoxy) is 5. The molecule has 8 bridgehead atoms. The smallest absolute Gasteiger partial charge is 0.316 e. The van der Waals surface area contributed by atoms with Crippen LogP contribution in [0.1, 0.15) is 58.4 Å². The predicted octanol–water partition coefficient (Wildman–Crippen LogP) is 3.64. The molecule has 1 aromatic rings. The molecule has 1 aromatic carbocycles. The Kier molecular flexibility index (Phi) is 6.57. The molecule has 13 atom stereocenters. The fourth-order valence-corrected chi connectivity index (χ4v) is 11.1. The number of carboxylic acid groups (broad SMARTS) is 1. The number of aliphatic hydroxyl groups is 1. The maximum atomic E-state index is 13.7. The molecule has 0 aromatic heterocycles. The molecular weight excluding hydrogens is 580 g/mol. The molecule has 0 spiro atoms. The Hall–Kier alpha value is -2.63. The van der Waals surface area contributed by atoms with Gasteiger partial charge >= 0.3 is 17.9 Å². The molecular formula is C35H42O10. The molecule has 4 aliphatic carbocycles. The second kappa shape index (κ2) is 9.94. The van der Waals surface area contributed by atoms with E-state index in [1.54, 1.807) is 0 Å². The summed E-state index contributed by atoms with van der Waals surface area (Å²) in [7, 11) is 0. The van der Waals surface area contributed by atoms with Gasteiger partial charge in [0.1, 0.15) is 17.8 Å². The minimum Gasteiger partial charge on any atom is -0.481 e. The molecule has 2 N–H and O–H groups in total. The number of carbonyl (C=O) groups excluding carboxylic acids is 2. The van der Waals surface area contributed by atoms with Gasteiger partial charge < -0.3 is 34.0 Å². The number of rotatable bonds is 10. The van der Waals surface area contributed by atoms with Crippen molar-refractivity contribution in [2.24, 2.45) is 45.8 Å². The van der Waals surface area contributed by atoms with Crippen molar-refractivity contribution in [3.63, 3.8) is 0 Å². The normalized spacial score (nSPS) is 48.1. The van der Waals surface area contributed by atoms with Gasteiger partial charge in [0, 0.05) is 11.8 Å². The number of aryl methyl sites for hydroxylation is 1. The zero-order valence-corrected chi connectivity index (χ0v) is 25.9. The van der Waals surface area contributed by atoms with Crippen LogP contribution in [0.4, 0.5) is 0 Å². The van der Waals surface area contributed by atoms with Crippen LogP contribution in [0.25, 0.3) is 0 Å². The van der Waals surface area contributed by atoms with Gasteiger partial charge in [-0.25, -0.2) is 0 Å². The molecule has 242 valence electrons. The van der Waals surface area contributed by atoms with Crippen LogP contribution in [0.2, 0.25) is 0 Å². The summed E-state index contributed by atoms with van der Waals surface area (Å²) in [5, 5.41) is 22.7. The zero-order valence-electron chi connectivity index (χ0n) is 25.9. The monoisotopic (exact) mass is 622 g/mol. The molecule has 7 fully saturated rings. The molecule has 4 heterocycles. The predicted molar refractivity (Wildman–Crippen MR) is 156 cm³/mol. The van der Waals surface area contributed by atoms with E-state index < -0.39 is 64.9 Å². The lowest BCUT2D eigenvalue weighted by molar-refractivity contribution is -0.447. The van der Waals surface area contributed by atoms with Gasteiger partial charge in [-0.1, -0.05) is 69.2 Å². The molecule has 4 saturated heterocycles. The Bertz CT molecular complexity index is 1440. The van der Waals surface area contributed by atoms with E-state index in [9.17, 15) is 24.6 Å². The fourth-order valence-electron chi connectivity index (χ4n) is 11.1. The lowest BCUT2D eigenvalue weighted by Gasteiger charge is -2.58. The molecule has 45 heavy (non-hydrogen) atoms. The van der Waals surface area contributed by atoms with E-state index >= 15 is 0 Å². The van der Waals surface area contributed by atoms with Crippen molar-refractivity contribution in [3.05, 3.63) is 47.5 Å². The van der Waals surface area contributed by atoms with Crippen molar-refractivity contribution >= 4 is 18.2 Å². The fraction of sp³-hybridized carbons (Fsp3) is 0.686.